The molecule has 0 radical (unpaired) electrons. The molecule has 1 unspecified atom stereocenters. The average Bonchev–Trinajstić information content (AvgIpc) is 2.93. The van der Waals surface area contributed by atoms with Crippen molar-refractivity contribution in [1.82, 2.24) is 0 Å². The van der Waals surface area contributed by atoms with Gasteiger partial charge >= 0.3 is 29.6 Å². The van der Waals surface area contributed by atoms with Crippen molar-refractivity contribution in [3.8, 4) is 0 Å². The second-order valence-electron chi connectivity index (χ2n) is 11.6. The van der Waals surface area contributed by atoms with E-state index in [1.54, 1.807) is 0 Å². The minimum Gasteiger partial charge on any atom is -0.748 e. The maximum absolute atomic E-state index is 12.6. The fourth-order valence-corrected chi connectivity index (χ4v) is 8.98. The third kappa shape index (κ3) is 9.00. The number of para-hydroxylation sites is 2. The van der Waals surface area contributed by atoms with Gasteiger partial charge in [-0.15, -0.1) is 0 Å². The van der Waals surface area contributed by atoms with Gasteiger partial charge in [0, 0.05) is 16.3 Å². The van der Waals surface area contributed by atoms with Crippen LogP contribution in [0.1, 0.15) is 115 Å². The summed E-state index contributed by atoms with van der Waals surface area (Å²) in [5, 5.41) is -0.798. The summed E-state index contributed by atoms with van der Waals surface area (Å²) >= 11 is 1.85. The summed E-state index contributed by atoms with van der Waals surface area (Å²) in [6.07, 6.45) is 17.1. The second kappa shape index (κ2) is 17.0. The molecule has 0 amide bonds. The zero-order valence-electron chi connectivity index (χ0n) is 25.1. The average molecular weight is 594 g/mol. The van der Waals surface area contributed by atoms with E-state index < -0.39 is 15.4 Å². The van der Waals surface area contributed by atoms with Crippen LogP contribution in [-0.4, -0.2) is 24.8 Å². The molecule has 1 fully saturated rings. The van der Waals surface area contributed by atoms with E-state index in [0.717, 1.165) is 57.8 Å². The van der Waals surface area contributed by atoms with Crippen LogP contribution < -0.4 is 34.5 Å². The molecule has 4 nitrogen and oxygen atoms in total. The van der Waals surface area contributed by atoms with Crippen molar-refractivity contribution in [1.29, 1.82) is 0 Å². The Bertz CT molecular complexity index is 1100. The SMILES string of the molecule is CCCCCCc1cccc2c1N(CCC(C1CCCCC1)S(=O)(=O)[O-])c1c(CCCCCC)cccc1S2.[Na+]. The minimum atomic E-state index is -4.36. The smallest absolute Gasteiger partial charge is 0.748 e. The first-order valence-electron chi connectivity index (χ1n) is 15.6. The molecule has 0 saturated heterocycles. The summed E-state index contributed by atoms with van der Waals surface area (Å²) in [7, 11) is -4.36. The standard InChI is InChI=1S/C33H49NO3S2.Na/c1-3-5-7-10-18-27-20-14-22-29-32(27)34(25-24-31(39(35,36)37)26-16-12-9-13-17-26)33-28(19-11-8-6-4-2)21-15-23-30(33)38-29;/h14-15,20-23,26,31H,3-13,16-19,24-25H2,1-2H3,(H,35,36,37);/q;+1/p-1. The summed E-state index contributed by atoms with van der Waals surface area (Å²) in [4.78, 5) is 4.92. The van der Waals surface area contributed by atoms with Crippen LogP contribution in [0.4, 0.5) is 11.4 Å². The molecule has 216 valence electrons. The van der Waals surface area contributed by atoms with E-state index in [4.69, 9.17) is 0 Å². The third-order valence-electron chi connectivity index (χ3n) is 8.71. The van der Waals surface area contributed by atoms with Crippen LogP contribution >= 0.6 is 11.8 Å². The molecule has 1 aliphatic heterocycles. The Morgan fingerprint density at radius 2 is 1.35 bits per heavy atom. The number of aryl methyl sites for hydroxylation is 2. The van der Waals surface area contributed by atoms with Gasteiger partial charge in [-0.2, -0.15) is 0 Å². The summed E-state index contributed by atoms with van der Waals surface area (Å²) in [6.45, 7) is 5.06. The Kier molecular flexibility index (Phi) is 14.4. The van der Waals surface area contributed by atoms with Gasteiger partial charge in [-0.3, -0.25) is 0 Å². The molecule has 2 aromatic carbocycles. The number of anilines is 2. The molecule has 4 rings (SSSR count). The molecule has 2 aromatic rings. The van der Waals surface area contributed by atoms with Gasteiger partial charge in [0.15, 0.2) is 0 Å². The number of nitrogens with zero attached hydrogens (tertiary/aromatic N) is 1. The van der Waals surface area contributed by atoms with Crippen molar-refractivity contribution in [3.05, 3.63) is 47.5 Å². The van der Waals surface area contributed by atoms with Gasteiger partial charge in [-0.1, -0.05) is 108 Å². The van der Waals surface area contributed by atoms with Gasteiger partial charge in [0.25, 0.3) is 0 Å². The minimum absolute atomic E-state index is 0. The van der Waals surface area contributed by atoms with Crippen LogP contribution in [0.5, 0.6) is 0 Å². The van der Waals surface area contributed by atoms with Crippen molar-refractivity contribution in [3.63, 3.8) is 0 Å². The largest absolute Gasteiger partial charge is 1.00 e. The Hall–Kier alpha value is -0.500. The maximum Gasteiger partial charge on any atom is 1.00 e. The molecule has 0 spiro atoms. The fourth-order valence-electron chi connectivity index (χ4n) is 6.63. The second-order valence-corrected chi connectivity index (χ2v) is 14.3. The molecule has 0 bridgehead atoms. The number of hydrogen-bond acceptors (Lipinski definition) is 5. The summed E-state index contributed by atoms with van der Waals surface area (Å²) < 4.78 is 37.7. The molecule has 40 heavy (non-hydrogen) atoms. The van der Waals surface area contributed by atoms with Crippen LogP contribution in [0.15, 0.2) is 46.2 Å². The molecule has 7 heteroatoms. The molecule has 1 saturated carbocycles. The first-order valence-corrected chi connectivity index (χ1v) is 17.9. The van der Waals surface area contributed by atoms with E-state index in [2.05, 4.69) is 55.1 Å². The monoisotopic (exact) mass is 593 g/mol. The molecule has 0 aromatic heterocycles. The molecular formula is C33H48NNaO3S2. The first-order chi connectivity index (χ1) is 18.9. The summed E-state index contributed by atoms with van der Waals surface area (Å²) in [5.41, 5.74) is 5.19. The topological polar surface area (TPSA) is 60.4 Å². The van der Waals surface area contributed by atoms with E-state index >= 15 is 0 Å². The van der Waals surface area contributed by atoms with Gasteiger partial charge in [0.05, 0.1) is 26.7 Å². The van der Waals surface area contributed by atoms with E-state index in [1.807, 2.05) is 11.8 Å². The Morgan fingerprint density at radius 1 is 0.825 bits per heavy atom. The van der Waals surface area contributed by atoms with E-state index in [-0.39, 0.29) is 35.5 Å². The number of hydrogen-bond donors (Lipinski definition) is 0. The van der Waals surface area contributed by atoms with Gasteiger partial charge in [0.1, 0.15) is 0 Å². The number of fused-ring (bicyclic) bond motifs is 2. The van der Waals surface area contributed by atoms with Gasteiger partial charge in [-0.25, -0.2) is 8.42 Å². The van der Waals surface area contributed by atoms with Gasteiger partial charge in [-0.05, 0) is 74.1 Å². The molecule has 1 heterocycles. The number of rotatable bonds is 15. The zero-order valence-corrected chi connectivity index (χ0v) is 28.8. The summed E-state index contributed by atoms with van der Waals surface area (Å²) in [5.74, 6) is -0.00654. The van der Waals surface area contributed by atoms with Gasteiger partial charge < -0.3 is 9.45 Å². The Balaban J connectivity index is 0.00000441. The Labute approximate surface area is 270 Å². The van der Waals surface area contributed by atoms with Crippen LogP contribution in [-0.2, 0) is 23.0 Å². The molecule has 1 atom stereocenters. The van der Waals surface area contributed by atoms with Crippen molar-refractivity contribution in [2.24, 2.45) is 5.92 Å². The van der Waals surface area contributed by atoms with Crippen LogP contribution in [0.25, 0.3) is 0 Å². The van der Waals surface area contributed by atoms with E-state index in [9.17, 15) is 13.0 Å². The van der Waals surface area contributed by atoms with Crippen LogP contribution in [0, 0.1) is 5.92 Å². The number of benzene rings is 2. The van der Waals surface area contributed by atoms with Crippen molar-refractivity contribution < 1.29 is 42.5 Å². The summed E-state index contributed by atoms with van der Waals surface area (Å²) in [6, 6.07) is 13.3. The number of unbranched alkanes of at least 4 members (excludes halogenated alkanes) is 6. The third-order valence-corrected chi connectivity index (χ3v) is 11.2. The fraction of sp³-hybridized carbons (Fsp3) is 0.636. The predicted molar refractivity (Wildman–Crippen MR) is 164 cm³/mol. The zero-order chi connectivity index (χ0) is 27.7. The predicted octanol–water partition coefficient (Wildman–Crippen LogP) is 6.42. The van der Waals surface area contributed by atoms with Crippen molar-refractivity contribution in [2.75, 3.05) is 11.4 Å². The van der Waals surface area contributed by atoms with E-state index in [1.165, 1.54) is 70.8 Å². The molecular weight excluding hydrogens is 545 g/mol. The van der Waals surface area contributed by atoms with Crippen LogP contribution in [0.3, 0.4) is 0 Å². The maximum atomic E-state index is 12.6. The van der Waals surface area contributed by atoms with Crippen molar-refractivity contribution >= 4 is 33.3 Å². The quantitative estimate of drug-likeness (QED) is 0.135. The van der Waals surface area contributed by atoms with Crippen molar-refractivity contribution in [2.45, 2.75) is 132 Å². The van der Waals surface area contributed by atoms with Crippen LogP contribution in [0.2, 0.25) is 0 Å². The van der Waals surface area contributed by atoms with Gasteiger partial charge in [0.2, 0.25) is 0 Å². The van der Waals surface area contributed by atoms with E-state index in [0.29, 0.717) is 13.0 Å². The Morgan fingerprint density at radius 3 is 1.82 bits per heavy atom. The normalized spacial score (nSPS) is 16.2. The molecule has 2 aliphatic rings. The molecule has 0 N–H and O–H groups in total. The first kappa shape index (κ1) is 34.0. The molecule has 1 aliphatic carbocycles.